The van der Waals surface area contributed by atoms with Gasteiger partial charge in [0, 0.05) is 6.54 Å². The molecule has 0 radical (unpaired) electrons. The Morgan fingerprint density at radius 3 is 1.78 bits per heavy atom. The minimum Gasteiger partial charge on any atom is -0.351 e. The van der Waals surface area contributed by atoms with E-state index in [9.17, 15) is 29.2 Å². The molecule has 1 aliphatic rings. The summed E-state index contributed by atoms with van der Waals surface area (Å²) in [4.78, 5) is 70.4. The van der Waals surface area contributed by atoms with Gasteiger partial charge in [-0.15, -0.1) is 0 Å². The molecule has 0 saturated carbocycles. The lowest BCUT2D eigenvalue weighted by Crippen LogP contribution is -2.60. The van der Waals surface area contributed by atoms with Crippen LogP contribution in [0.4, 0.5) is 16.2 Å². The average molecular weight is 681 g/mol. The molecule has 10 heteroatoms. The Bertz CT molecular complexity index is 1990. The van der Waals surface area contributed by atoms with Crippen LogP contribution in [-0.2, 0) is 45.1 Å². The maximum atomic E-state index is 13.8. The minimum absolute atomic E-state index is 0.0111. The average Bonchev–Trinajstić information content (AvgIpc) is 3.18. The van der Waals surface area contributed by atoms with Crippen LogP contribution in [0.25, 0.3) is 0 Å². The van der Waals surface area contributed by atoms with E-state index in [1.165, 1.54) is 0 Å². The highest BCUT2D eigenvalue weighted by Crippen LogP contribution is 2.28. The predicted octanol–water partition coefficient (Wildman–Crippen LogP) is 5.94. The number of hydrogen-bond donors (Lipinski definition) is 2. The molecule has 0 spiro atoms. The Balaban J connectivity index is 1.22. The third-order valence-corrected chi connectivity index (χ3v) is 8.74. The summed E-state index contributed by atoms with van der Waals surface area (Å²) in [5.74, 6) is -4.97. The van der Waals surface area contributed by atoms with Gasteiger partial charge in [-0.05, 0) is 59.4 Å². The van der Waals surface area contributed by atoms with Gasteiger partial charge in [0.2, 0.25) is 17.7 Å². The van der Waals surface area contributed by atoms with Crippen LogP contribution in [0, 0.1) is 11.8 Å². The third kappa shape index (κ3) is 8.09. The van der Waals surface area contributed by atoms with Crippen molar-refractivity contribution in [2.45, 2.75) is 25.9 Å². The molecule has 2 atom stereocenters. The van der Waals surface area contributed by atoms with Crippen molar-refractivity contribution >= 4 is 41.0 Å². The quantitative estimate of drug-likeness (QED) is 0.0955. The van der Waals surface area contributed by atoms with E-state index in [1.807, 2.05) is 60.7 Å². The van der Waals surface area contributed by atoms with Crippen molar-refractivity contribution < 1.29 is 29.2 Å². The molecular weight excluding hydrogens is 644 g/mol. The van der Waals surface area contributed by atoms with Crippen LogP contribution < -0.4 is 15.3 Å². The fraction of sp³-hybridized carbons (Fsp3) is 0.146. The van der Waals surface area contributed by atoms with E-state index in [2.05, 4.69) is 5.32 Å². The molecule has 2 unspecified atom stereocenters. The Hall–Kier alpha value is -6.39. The van der Waals surface area contributed by atoms with Crippen molar-refractivity contribution in [1.82, 2.24) is 10.2 Å². The number of benzene rings is 5. The van der Waals surface area contributed by atoms with Crippen molar-refractivity contribution in [3.8, 4) is 0 Å². The van der Waals surface area contributed by atoms with Crippen molar-refractivity contribution in [3.05, 3.63) is 168 Å². The Labute approximate surface area is 295 Å². The van der Waals surface area contributed by atoms with Gasteiger partial charge in [-0.3, -0.25) is 29.3 Å². The molecule has 1 fully saturated rings. The molecule has 51 heavy (non-hydrogen) atoms. The smallest absolute Gasteiger partial charge is 0.338 e. The number of anilines is 2. The van der Waals surface area contributed by atoms with E-state index in [0.717, 1.165) is 20.9 Å². The van der Waals surface area contributed by atoms with Gasteiger partial charge < -0.3 is 5.32 Å². The van der Waals surface area contributed by atoms with Crippen LogP contribution in [0.15, 0.2) is 146 Å². The molecule has 1 aliphatic heterocycles. The maximum absolute atomic E-state index is 13.8. The van der Waals surface area contributed by atoms with Crippen LogP contribution in [0.1, 0.15) is 22.3 Å². The maximum Gasteiger partial charge on any atom is 0.338 e. The number of amides is 6. The zero-order valence-corrected chi connectivity index (χ0v) is 27.7. The molecule has 0 aliphatic carbocycles. The van der Waals surface area contributed by atoms with Crippen LogP contribution in [0.5, 0.6) is 0 Å². The zero-order valence-electron chi connectivity index (χ0n) is 27.7. The fourth-order valence-electron chi connectivity index (χ4n) is 5.99. The molecular formula is C41H36N4O6. The van der Waals surface area contributed by atoms with E-state index in [-0.39, 0.29) is 31.6 Å². The van der Waals surface area contributed by atoms with E-state index < -0.39 is 41.5 Å². The fourth-order valence-corrected chi connectivity index (χ4v) is 5.99. The van der Waals surface area contributed by atoms with Gasteiger partial charge in [0.05, 0.1) is 17.9 Å². The number of nitrogens with one attached hydrogen (secondary N) is 1. The highest BCUT2D eigenvalue weighted by atomic mass is 16.5. The van der Waals surface area contributed by atoms with E-state index >= 15 is 0 Å². The third-order valence-electron chi connectivity index (χ3n) is 8.74. The van der Waals surface area contributed by atoms with Gasteiger partial charge in [-0.25, -0.2) is 9.69 Å². The number of para-hydroxylation sites is 2. The number of carbonyl (C=O) groups excluding carboxylic acids is 5. The van der Waals surface area contributed by atoms with Gasteiger partial charge in [-0.2, -0.15) is 5.06 Å². The van der Waals surface area contributed by atoms with Crippen molar-refractivity contribution in [2.24, 2.45) is 11.8 Å². The van der Waals surface area contributed by atoms with Gasteiger partial charge >= 0.3 is 6.03 Å². The Kier molecular flexibility index (Phi) is 10.7. The molecule has 10 nitrogen and oxygen atoms in total. The molecule has 0 bridgehead atoms. The number of carbonyl (C=O) groups is 5. The SMILES string of the molecule is O=C(NCc1ccccc1)C(Cc1ccc(CC2C(=O)N(Cc3ccccc3)C(=O)N(c3ccccc3)C2=O)cc1)C(=O)N(O)c1ccccc1. The molecule has 256 valence electrons. The van der Waals surface area contributed by atoms with Crippen LogP contribution in [0.2, 0.25) is 0 Å². The highest BCUT2D eigenvalue weighted by Gasteiger charge is 2.46. The zero-order chi connectivity index (χ0) is 35.7. The molecule has 5 aromatic carbocycles. The molecule has 5 aromatic rings. The Morgan fingerprint density at radius 1 is 0.647 bits per heavy atom. The van der Waals surface area contributed by atoms with Crippen molar-refractivity contribution in [2.75, 3.05) is 9.96 Å². The van der Waals surface area contributed by atoms with Crippen LogP contribution in [-0.4, -0.2) is 39.8 Å². The summed E-state index contributed by atoms with van der Waals surface area (Å²) in [5, 5.41) is 14.1. The number of nitrogens with zero attached hydrogens (tertiary/aromatic N) is 3. The number of hydroxylamine groups is 1. The van der Waals surface area contributed by atoms with Crippen LogP contribution >= 0.6 is 0 Å². The largest absolute Gasteiger partial charge is 0.351 e. The first-order chi connectivity index (χ1) is 24.8. The summed E-state index contributed by atoms with van der Waals surface area (Å²) in [6.07, 6.45) is 0.00422. The molecule has 1 heterocycles. The first-order valence-corrected chi connectivity index (χ1v) is 16.6. The lowest BCUT2D eigenvalue weighted by atomic mass is 9.92. The topological polar surface area (TPSA) is 127 Å². The lowest BCUT2D eigenvalue weighted by Gasteiger charge is -2.37. The van der Waals surface area contributed by atoms with Crippen LogP contribution in [0.3, 0.4) is 0 Å². The summed E-state index contributed by atoms with van der Waals surface area (Å²) in [5.41, 5.74) is 3.47. The molecule has 6 amide bonds. The highest BCUT2D eigenvalue weighted by molar-refractivity contribution is 6.27. The van der Waals surface area contributed by atoms with E-state index in [0.29, 0.717) is 21.9 Å². The van der Waals surface area contributed by atoms with Crippen molar-refractivity contribution in [3.63, 3.8) is 0 Å². The van der Waals surface area contributed by atoms with E-state index in [4.69, 9.17) is 0 Å². The first kappa shape index (κ1) is 34.5. The first-order valence-electron chi connectivity index (χ1n) is 16.6. The molecule has 1 saturated heterocycles. The summed E-state index contributed by atoms with van der Waals surface area (Å²) >= 11 is 0. The summed E-state index contributed by atoms with van der Waals surface area (Å²) in [6, 6.07) is 41.3. The normalized spacial score (nSPS) is 15.0. The van der Waals surface area contributed by atoms with Gasteiger partial charge in [-0.1, -0.05) is 121 Å². The van der Waals surface area contributed by atoms with Gasteiger partial charge in [0.25, 0.3) is 5.91 Å². The summed E-state index contributed by atoms with van der Waals surface area (Å²) in [7, 11) is 0. The number of urea groups is 1. The van der Waals surface area contributed by atoms with Crippen molar-refractivity contribution in [1.29, 1.82) is 0 Å². The summed E-state index contributed by atoms with van der Waals surface area (Å²) in [6.45, 7) is 0.212. The predicted molar refractivity (Wildman–Crippen MR) is 191 cm³/mol. The second-order valence-electron chi connectivity index (χ2n) is 12.2. The number of hydrogen-bond acceptors (Lipinski definition) is 6. The lowest BCUT2D eigenvalue weighted by molar-refractivity contribution is -0.141. The number of rotatable bonds is 12. The monoisotopic (exact) mass is 680 g/mol. The number of imide groups is 2. The number of barbiturate groups is 1. The van der Waals surface area contributed by atoms with E-state index in [1.54, 1.807) is 84.9 Å². The molecule has 2 N–H and O–H groups in total. The molecule has 6 rings (SSSR count). The standard InChI is InChI=1S/C41H36N4O6/c46-37(42-27-31-13-5-1-6-14-31)35(40(49)45(51)34-19-11-4-12-20-34)25-29-21-23-30(24-22-29)26-36-38(47)43(28-32-15-7-2-8-16-32)41(50)44(39(36)48)33-17-9-3-10-18-33/h1-24,35-36,51H,25-28H2,(H,42,46). The summed E-state index contributed by atoms with van der Waals surface area (Å²) < 4.78 is 0. The van der Waals surface area contributed by atoms with Gasteiger partial charge in [0.15, 0.2) is 0 Å². The Morgan fingerprint density at radius 2 is 1.18 bits per heavy atom. The molecule has 0 aromatic heterocycles. The second kappa shape index (κ2) is 15.9. The second-order valence-corrected chi connectivity index (χ2v) is 12.2. The minimum atomic E-state index is -1.26. The van der Waals surface area contributed by atoms with Gasteiger partial charge in [0.1, 0.15) is 11.8 Å².